The van der Waals surface area contributed by atoms with Crippen molar-refractivity contribution in [2.45, 2.75) is 0 Å². The number of aromatic nitrogens is 4. The SMILES string of the molecule is Clc1ccc(-c2[nH]nc(Nc3cc[nH]c3)c2-c2ccncc2)cc1. The lowest BCUT2D eigenvalue weighted by Gasteiger charge is -2.07. The molecule has 1 aromatic carbocycles. The molecule has 0 aliphatic rings. The molecule has 0 atom stereocenters. The summed E-state index contributed by atoms with van der Waals surface area (Å²) in [7, 11) is 0. The van der Waals surface area contributed by atoms with Crippen LogP contribution in [0.3, 0.4) is 0 Å². The number of anilines is 2. The molecule has 0 unspecified atom stereocenters. The van der Waals surface area contributed by atoms with Crippen LogP contribution in [-0.2, 0) is 0 Å². The third kappa shape index (κ3) is 2.77. The number of nitrogens with one attached hydrogen (secondary N) is 3. The molecule has 24 heavy (non-hydrogen) atoms. The van der Waals surface area contributed by atoms with Crippen molar-refractivity contribution >= 4 is 23.1 Å². The topological polar surface area (TPSA) is 69.4 Å². The number of hydrogen-bond donors (Lipinski definition) is 3. The molecule has 0 aliphatic carbocycles. The molecule has 3 heterocycles. The summed E-state index contributed by atoms with van der Waals surface area (Å²) < 4.78 is 0. The van der Waals surface area contributed by atoms with Crippen LogP contribution >= 0.6 is 11.6 Å². The first-order valence-corrected chi connectivity index (χ1v) is 7.83. The summed E-state index contributed by atoms with van der Waals surface area (Å²) in [6, 6.07) is 13.6. The molecule has 4 rings (SSSR count). The Balaban J connectivity index is 1.85. The first-order chi connectivity index (χ1) is 11.8. The van der Waals surface area contributed by atoms with Crippen molar-refractivity contribution < 1.29 is 0 Å². The predicted octanol–water partition coefficient (Wildman–Crippen LogP) is 4.86. The molecule has 118 valence electrons. The maximum absolute atomic E-state index is 6.01. The maximum Gasteiger partial charge on any atom is 0.160 e. The minimum Gasteiger partial charge on any atom is -0.366 e. The number of hydrogen-bond acceptors (Lipinski definition) is 3. The van der Waals surface area contributed by atoms with Crippen molar-refractivity contribution in [3.8, 4) is 22.4 Å². The van der Waals surface area contributed by atoms with Gasteiger partial charge in [0.25, 0.3) is 0 Å². The highest BCUT2D eigenvalue weighted by atomic mass is 35.5. The lowest BCUT2D eigenvalue weighted by atomic mass is 10.0. The number of H-pyrrole nitrogens is 2. The Morgan fingerprint density at radius 1 is 0.917 bits per heavy atom. The van der Waals surface area contributed by atoms with E-state index in [4.69, 9.17) is 11.6 Å². The average molecular weight is 336 g/mol. The van der Waals surface area contributed by atoms with Gasteiger partial charge in [0.15, 0.2) is 5.82 Å². The van der Waals surface area contributed by atoms with Crippen LogP contribution in [0.25, 0.3) is 22.4 Å². The molecule has 3 aromatic heterocycles. The van der Waals surface area contributed by atoms with Gasteiger partial charge in [-0.1, -0.05) is 23.7 Å². The molecular weight excluding hydrogens is 322 g/mol. The highest BCUT2D eigenvalue weighted by molar-refractivity contribution is 6.30. The second-order valence-electron chi connectivity index (χ2n) is 5.29. The van der Waals surface area contributed by atoms with Gasteiger partial charge < -0.3 is 10.3 Å². The molecule has 0 saturated carbocycles. The van der Waals surface area contributed by atoms with Gasteiger partial charge in [0.1, 0.15) is 0 Å². The van der Waals surface area contributed by atoms with Crippen molar-refractivity contribution in [1.82, 2.24) is 20.2 Å². The monoisotopic (exact) mass is 335 g/mol. The second-order valence-corrected chi connectivity index (χ2v) is 5.73. The number of nitrogens with zero attached hydrogens (tertiary/aromatic N) is 2. The highest BCUT2D eigenvalue weighted by Gasteiger charge is 2.17. The Labute approximate surface area is 143 Å². The van der Waals surface area contributed by atoms with E-state index in [0.29, 0.717) is 5.02 Å². The van der Waals surface area contributed by atoms with Gasteiger partial charge >= 0.3 is 0 Å². The molecule has 5 nitrogen and oxygen atoms in total. The lowest BCUT2D eigenvalue weighted by molar-refractivity contribution is 1.10. The number of pyridine rings is 1. The van der Waals surface area contributed by atoms with Crippen molar-refractivity contribution in [2.75, 3.05) is 5.32 Å². The average Bonchev–Trinajstić information content (AvgIpc) is 3.27. The van der Waals surface area contributed by atoms with Gasteiger partial charge in [-0.15, -0.1) is 0 Å². The van der Waals surface area contributed by atoms with Gasteiger partial charge in [-0.05, 0) is 35.9 Å². The normalized spacial score (nSPS) is 10.7. The molecule has 4 aromatic rings. The van der Waals surface area contributed by atoms with Crippen LogP contribution < -0.4 is 5.32 Å². The van der Waals surface area contributed by atoms with E-state index in [1.807, 2.05) is 54.9 Å². The quantitative estimate of drug-likeness (QED) is 0.498. The number of halogens is 1. The van der Waals surface area contributed by atoms with Crippen molar-refractivity contribution in [1.29, 1.82) is 0 Å². The van der Waals surface area contributed by atoms with E-state index in [2.05, 4.69) is 25.5 Å². The Morgan fingerprint density at radius 2 is 1.71 bits per heavy atom. The van der Waals surface area contributed by atoms with E-state index < -0.39 is 0 Å². The Bertz CT molecular complexity index is 927. The van der Waals surface area contributed by atoms with E-state index in [1.54, 1.807) is 12.4 Å². The standard InChI is InChI=1S/C18H14ClN5/c19-14-3-1-13(2-4-14)17-16(12-5-8-20-9-6-12)18(24-23-17)22-15-7-10-21-11-15/h1-11,21H,(H2,22,23,24). The van der Waals surface area contributed by atoms with E-state index in [-0.39, 0.29) is 0 Å². The second kappa shape index (κ2) is 6.22. The van der Waals surface area contributed by atoms with E-state index in [0.717, 1.165) is 33.9 Å². The van der Waals surface area contributed by atoms with Crippen LogP contribution in [-0.4, -0.2) is 20.2 Å². The molecule has 0 amide bonds. The van der Waals surface area contributed by atoms with Crippen LogP contribution in [0.15, 0.2) is 67.3 Å². The molecule has 0 bridgehead atoms. The van der Waals surface area contributed by atoms with Crippen LogP contribution in [0.5, 0.6) is 0 Å². The number of benzene rings is 1. The van der Waals surface area contributed by atoms with Crippen LogP contribution in [0.2, 0.25) is 5.02 Å². The summed E-state index contributed by atoms with van der Waals surface area (Å²) in [5.74, 6) is 0.755. The van der Waals surface area contributed by atoms with E-state index >= 15 is 0 Å². The smallest absolute Gasteiger partial charge is 0.160 e. The van der Waals surface area contributed by atoms with E-state index in [9.17, 15) is 0 Å². The summed E-state index contributed by atoms with van der Waals surface area (Å²) >= 11 is 6.01. The minimum absolute atomic E-state index is 0.703. The molecule has 6 heteroatoms. The van der Waals surface area contributed by atoms with Gasteiger partial charge in [0.05, 0.1) is 16.9 Å². The van der Waals surface area contributed by atoms with Crippen molar-refractivity contribution in [2.24, 2.45) is 0 Å². The Kier molecular flexibility index (Phi) is 3.76. The molecular formula is C18H14ClN5. The zero-order chi connectivity index (χ0) is 16.4. The fraction of sp³-hybridized carbons (Fsp3) is 0. The molecule has 0 fully saturated rings. The number of aromatic amines is 2. The first kappa shape index (κ1) is 14.5. The molecule has 0 spiro atoms. The minimum atomic E-state index is 0.703. The Hall–Kier alpha value is -3.05. The van der Waals surface area contributed by atoms with Crippen molar-refractivity contribution in [3.63, 3.8) is 0 Å². The van der Waals surface area contributed by atoms with Crippen LogP contribution in [0.1, 0.15) is 0 Å². The summed E-state index contributed by atoms with van der Waals surface area (Å²) in [6.45, 7) is 0. The van der Waals surface area contributed by atoms with Gasteiger partial charge in [-0.3, -0.25) is 10.1 Å². The molecule has 0 saturated heterocycles. The first-order valence-electron chi connectivity index (χ1n) is 7.46. The third-order valence-electron chi connectivity index (χ3n) is 3.73. The van der Waals surface area contributed by atoms with Crippen LogP contribution in [0, 0.1) is 0 Å². The molecule has 0 radical (unpaired) electrons. The Morgan fingerprint density at radius 3 is 2.42 bits per heavy atom. The molecule has 0 aliphatic heterocycles. The zero-order valence-corrected chi connectivity index (χ0v) is 13.4. The van der Waals surface area contributed by atoms with Crippen molar-refractivity contribution in [3.05, 3.63) is 72.3 Å². The predicted molar refractivity (Wildman–Crippen MR) is 96.3 cm³/mol. The van der Waals surface area contributed by atoms with Gasteiger partial charge in [0.2, 0.25) is 0 Å². The summed E-state index contributed by atoms with van der Waals surface area (Å²) in [6.07, 6.45) is 7.29. The lowest BCUT2D eigenvalue weighted by Crippen LogP contribution is -1.91. The summed E-state index contributed by atoms with van der Waals surface area (Å²) in [4.78, 5) is 7.13. The third-order valence-corrected chi connectivity index (χ3v) is 3.98. The van der Waals surface area contributed by atoms with E-state index in [1.165, 1.54) is 0 Å². The number of rotatable bonds is 4. The zero-order valence-electron chi connectivity index (χ0n) is 12.6. The van der Waals surface area contributed by atoms with Gasteiger partial charge in [0, 0.05) is 35.4 Å². The largest absolute Gasteiger partial charge is 0.366 e. The maximum atomic E-state index is 6.01. The highest BCUT2D eigenvalue weighted by Crippen LogP contribution is 2.37. The molecule has 3 N–H and O–H groups in total. The van der Waals surface area contributed by atoms with Crippen LogP contribution in [0.4, 0.5) is 11.5 Å². The summed E-state index contributed by atoms with van der Waals surface area (Å²) in [5, 5.41) is 11.6. The van der Waals surface area contributed by atoms with Gasteiger partial charge in [-0.2, -0.15) is 5.10 Å². The fourth-order valence-corrected chi connectivity index (χ4v) is 2.72. The summed E-state index contributed by atoms with van der Waals surface area (Å²) in [5.41, 5.74) is 4.90. The van der Waals surface area contributed by atoms with Gasteiger partial charge in [-0.25, -0.2) is 0 Å². The fourth-order valence-electron chi connectivity index (χ4n) is 2.60.